The molecule has 5 nitrogen and oxygen atoms in total. The molecular formula is C44H26N4OS. The topological polar surface area (TPSA) is 64.7 Å². The summed E-state index contributed by atoms with van der Waals surface area (Å²) in [5, 5.41) is 4.65. The van der Waals surface area contributed by atoms with E-state index in [1.165, 1.54) is 16.3 Å². The van der Waals surface area contributed by atoms with Gasteiger partial charge in [-0.2, -0.15) is 0 Å². The second-order valence-electron chi connectivity index (χ2n) is 12.3. The minimum absolute atomic E-state index is 0.615. The first kappa shape index (κ1) is 28.5. The average molecular weight is 659 g/mol. The first-order valence-electron chi connectivity index (χ1n) is 16.5. The van der Waals surface area contributed by atoms with Gasteiger partial charge in [0.15, 0.2) is 23.1 Å². The van der Waals surface area contributed by atoms with Crippen molar-refractivity contribution in [1.29, 1.82) is 0 Å². The van der Waals surface area contributed by atoms with E-state index in [9.17, 15) is 0 Å². The van der Waals surface area contributed by atoms with Gasteiger partial charge in [-0.1, -0.05) is 121 Å². The van der Waals surface area contributed by atoms with E-state index in [0.717, 1.165) is 59.1 Å². The van der Waals surface area contributed by atoms with Crippen LogP contribution in [0.25, 0.3) is 98.8 Å². The van der Waals surface area contributed by atoms with Gasteiger partial charge in [0, 0.05) is 48.5 Å². The van der Waals surface area contributed by atoms with Crippen molar-refractivity contribution in [2.75, 3.05) is 0 Å². The monoisotopic (exact) mass is 658 g/mol. The number of thiophene rings is 1. The molecule has 0 aliphatic rings. The summed E-state index contributed by atoms with van der Waals surface area (Å²) in [6.45, 7) is 0. The Morgan fingerprint density at radius 1 is 0.420 bits per heavy atom. The van der Waals surface area contributed by atoms with Gasteiger partial charge in [0.25, 0.3) is 0 Å². The summed E-state index contributed by atoms with van der Waals surface area (Å²) in [4.78, 5) is 20.1. The van der Waals surface area contributed by atoms with Gasteiger partial charge in [0.05, 0.1) is 0 Å². The average Bonchev–Trinajstić information content (AvgIpc) is 3.78. The van der Waals surface area contributed by atoms with Gasteiger partial charge in [-0.15, -0.1) is 11.3 Å². The number of benzene rings is 7. The number of nitrogens with zero attached hydrogens (tertiary/aromatic N) is 4. The quantitative estimate of drug-likeness (QED) is 0.184. The van der Waals surface area contributed by atoms with Crippen molar-refractivity contribution in [3.63, 3.8) is 0 Å². The maximum atomic E-state index is 6.22. The fourth-order valence-corrected chi connectivity index (χ4v) is 7.80. The van der Waals surface area contributed by atoms with Crippen molar-refractivity contribution < 1.29 is 4.42 Å². The molecule has 3 aromatic heterocycles. The number of hydrogen-bond donors (Lipinski definition) is 0. The van der Waals surface area contributed by atoms with Crippen LogP contribution in [-0.4, -0.2) is 19.9 Å². The van der Waals surface area contributed by atoms with E-state index in [1.54, 1.807) is 11.3 Å². The number of hydrogen-bond acceptors (Lipinski definition) is 6. The van der Waals surface area contributed by atoms with Gasteiger partial charge in [0.2, 0.25) is 5.89 Å². The Bertz CT molecular complexity index is 2860. The molecule has 0 radical (unpaired) electrons. The molecule has 0 saturated carbocycles. The van der Waals surface area contributed by atoms with E-state index in [1.807, 2.05) is 60.7 Å². The number of oxazole rings is 1. The predicted molar refractivity (Wildman–Crippen MR) is 205 cm³/mol. The molecule has 6 heteroatoms. The van der Waals surface area contributed by atoms with Crippen LogP contribution in [0.1, 0.15) is 0 Å². The van der Waals surface area contributed by atoms with E-state index < -0.39 is 0 Å². The van der Waals surface area contributed by atoms with Crippen LogP contribution < -0.4 is 0 Å². The predicted octanol–water partition coefficient (Wildman–Crippen LogP) is 11.9. The molecule has 50 heavy (non-hydrogen) atoms. The van der Waals surface area contributed by atoms with Crippen molar-refractivity contribution in [3.05, 3.63) is 158 Å². The first-order valence-corrected chi connectivity index (χ1v) is 17.3. The minimum atomic E-state index is 0.615. The maximum absolute atomic E-state index is 6.22. The number of rotatable bonds is 5. The molecule has 0 spiro atoms. The van der Waals surface area contributed by atoms with Crippen molar-refractivity contribution in [1.82, 2.24) is 19.9 Å². The molecule has 10 aromatic rings. The zero-order valence-electron chi connectivity index (χ0n) is 26.6. The fourth-order valence-electron chi connectivity index (χ4n) is 6.66. The third kappa shape index (κ3) is 4.93. The molecule has 0 atom stereocenters. The summed E-state index contributed by atoms with van der Waals surface area (Å²) in [6.07, 6.45) is 0. The summed E-state index contributed by atoms with van der Waals surface area (Å²) in [5.74, 6) is 2.50. The maximum Gasteiger partial charge on any atom is 0.227 e. The van der Waals surface area contributed by atoms with Gasteiger partial charge < -0.3 is 4.42 Å². The van der Waals surface area contributed by atoms with Gasteiger partial charge in [0.1, 0.15) is 5.52 Å². The molecule has 0 fully saturated rings. The van der Waals surface area contributed by atoms with Crippen LogP contribution in [0.2, 0.25) is 0 Å². The Morgan fingerprint density at radius 3 is 1.84 bits per heavy atom. The van der Waals surface area contributed by atoms with Crippen LogP contribution in [-0.2, 0) is 0 Å². The molecule has 7 aromatic carbocycles. The zero-order valence-corrected chi connectivity index (χ0v) is 27.4. The third-order valence-corrected chi connectivity index (χ3v) is 10.3. The van der Waals surface area contributed by atoms with Gasteiger partial charge in [-0.3, -0.25) is 0 Å². The van der Waals surface area contributed by atoms with E-state index >= 15 is 0 Å². The van der Waals surface area contributed by atoms with Gasteiger partial charge in [-0.05, 0) is 52.2 Å². The Balaban J connectivity index is 1.12. The Morgan fingerprint density at radius 2 is 1.06 bits per heavy atom. The van der Waals surface area contributed by atoms with Gasteiger partial charge in [-0.25, -0.2) is 19.9 Å². The highest BCUT2D eigenvalue weighted by molar-refractivity contribution is 7.26. The smallest absolute Gasteiger partial charge is 0.227 e. The highest BCUT2D eigenvalue weighted by Gasteiger charge is 2.19. The first-order chi connectivity index (χ1) is 24.7. The number of aromatic nitrogens is 4. The lowest BCUT2D eigenvalue weighted by Crippen LogP contribution is -2.00. The lowest BCUT2D eigenvalue weighted by atomic mass is 10.00. The van der Waals surface area contributed by atoms with E-state index in [0.29, 0.717) is 23.4 Å². The molecule has 3 heterocycles. The van der Waals surface area contributed by atoms with Crippen molar-refractivity contribution in [2.45, 2.75) is 0 Å². The Labute approximate surface area is 291 Å². The summed E-state index contributed by atoms with van der Waals surface area (Å²) < 4.78 is 8.49. The Kier molecular flexibility index (Phi) is 6.60. The molecule has 0 amide bonds. The standard InChI is InChI=1S/C44H26N4OS/c1-3-11-29(12-4-1)41-46-42(30-21-18-28(19-22-30)33-23-20-27-10-7-8-15-32(27)24-33)48-43(47-41)34-16-9-17-38-40(34)35-25-36-37(26-39(35)50-38)49-44(45-36)31-13-5-2-6-14-31/h1-26H. The molecule has 0 aliphatic carbocycles. The lowest BCUT2D eigenvalue weighted by molar-refractivity contribution is 0.620. The minimum Gasteiger partial charge on any atom is -0.436 e. The molecule has 234 valence electrons. The second kappa shape index (κ2) is 11.6. The highest BCUT2D eigenvalue weighted by atomic mass is 32.1. The van der Waals surface area contributed by atoms with Crippen LogP contribution in [0.4, 0.5) is 0 Å². The Hall–Kier alpha value is -6.50. The van der Waals surface area contributed by atoms with Crippen LogP contribution in [0, 0.1) is 0 Å². The molecule has 0 bridgehead atoms. The molecule has 0 saturated heterocycles. The second-order valence-corrected chi connectivity index (χ2v) is 13.4. The van der Waals surface area contributed by atoms with E-state index in [-0.39, 0.29) is 0 Å². The normalized spacial score (nSPS) is 11.6. The summed E-state index contributed by atoms with van der Waals surface area (Å²) in [6, 6.07) is 54.2. The summed E-state index contributed by atoms with van der Waals surface area (Å²) in [7, 11) is 0. The van der Waals surface area contributed by atoms with Crippen LogP contribution >= 0.6 is 11.3 Å². The number of fused-ring (bicyclic) bond motifs is 5. The molecule has 0 aliphatic heterocycles. The SMILES string of the molecule is c1ccc(-c2nc(-c3ccc(-c4ccc5ccccc5c4)cc3)nc(-c3cccc4sc5cc6oc(-c7ccccc7)nc6cc5c34)n2)cc1. The van der Waals surface area contributed by atoms with Gasteiger partial charge >= 0.3 is 0 Å². The fraction of sp³-hybridized carbons (Fsp3) is 0. The van der Waals surface area contributed by atoms with Crippen LogP contribution in [0.15, 0.2) is 162 Å². The molecule has 10 rings (SSSR count). The van der Waals surface area contributed by atoms with E-state index in [4.69, 9.17) is 24.4 Å². The van der Waals surface area contributed by atoms with Crippen molar-refractivity contribution in [2.24, 2.45) is 0 Å². The largest absolute Gasteiger partial charge is 0.436 e. The third-order valence-electron chi connectivity index (χ3n) is 9.16. The molecular weight excluding hydrogens is 633 g/mol. The zero-order chi connectivity index (χ0) is 33.0. The molecule has 0 unspecified atom stereocenters. The van der Waals surface area contributed by atoms with Crippen molar-refractivity contribution >= 4 is 53.4 Å². The lowest BCUT2D eigenvalue weighted by Gasteiger charge is -2.10. The van der Waals surface area contributed by atoms with E-state index in [2.05, 4.69) is 97.1 Å². The summed E-state index contributed by atoms with van der Waals surface area (Å²) in [5.41, 5.74) is 7.67. The van der Waals surface area contributed by atoms with Crippen molar-refractivity contribution in [3.8, 4) is 56.7 Å². The van der Waals surface area contributed by atoms with Crippen LogP contribution in [0.3, 0.4) is 0 Å². The summed E-state index contributed by atoms with van der Waals surface area (Å²) >= 11 is 1.73. The van der Waals surface area contributed by atoms with Crippen LogP contribution in [0.5, 0.6) is 0 Å². The highest BCUT2D eigenvalue weighted by Crippen LogP contribution is 2.42. The molecule has 0 N–H and O–H groups in total.